The summed E-state index contributed by atoms with van der Waals surface area (Å²) in [5, 5.41) is 12.1. The van der Waals surface area contributed by atoms with Gasteiger partial charge in [0.15, 0.2) is 0 Å². The maximum absolute atomic E-state index is 12.0. The topological polar surface area (TPSA) is 58.6 Å². The molecule has 1 aromatic carbocycles. The summed E-state index contributed by atoms with van der Waals surface area (Å²) in [6.45, 7) is 2.94. The molecule has 0 aromatic heterocycles. The minimum atomic E-state index is -0.383. The van der Waals surface area contributed by atoms with E-state index in [0.717, 1.165) is 6.42 Å². The summed E-state index contributed by atoms with van der Waals surface area (Å²) in [6.07, 6.45) is 0.762. The number of benzene rings is 1. The van der Waals surface area contributed by atoms with Crippen LogP contribution in [0.2, 0.25) is 0 Å². The number of phenolic OH excluding ortho intramolecular Hbond substituents is 1. The first-order valence-corrected chi connectivity index (χ1v) is 5.34. The highest BCUT2D eigenvalue weighted by atomic mass is 16.5. The third-order valence-corrected chi connectivity index (χ3v) is 3.02. The minimum Gasteiger partial charge on any atom is -0.508 e. The lowest BCUT2D eigenvalue weighted by molar-refractivity contribution is -0.156. The molecule has 1 amide bonds. The predicted molar refractivity (Wildman–Crippen MR) is 60.3 cm³/mol. The molecular formula is C12H15NO3. The van der Waals surface area contributed by atoms with Crippen LogP contribution >= 0.6 is 0 Å². The third kappa shape index (κ3) is 1.88. The average molecular weight is 221 g/mol. The Hall–Kier alpha value is -1.55. The number of carbonyl (C=O) groups excluding carboxylic acids is 1. The van der Waals surface area contributed by atoms with Gasteiger partial charge in [-0.25, -0.2) is 0 Å². The number of carbonyl (C=O) groups is 1. The summed E-state index contributed by atoms with van der Waals surface area (Å²) >= 11 is 0. The Morgan fingerprint density at radius 2 is 2.31 bits per heavy atom. The fourth-order valence-corrected chi connectivity index (χ4v) is 1.69. The Kier molecular flexibility index (Phi) is 2.83. The number of phenols is 1. The van der Waals surface area contributed by atoms with Crippen LogP contribution in [0.5, 0.6) is 5.75 Å². The van der Waals surface area contributed by atoms with E-state index in [4.69, 9.17) is 4.74 Å². The number of hydrogen-bond acceptors (Lipinski definition) is 3. The molecule has 1 fully saturated rings. The first-order chi connectivity index (χ1) is 7.66. The lowest BCUT2D eigenvalue weighted by Crippen LogP contribution is -2.51. The van der Waals surface area contributed by atoms with Crippen LogP contribution in [0.15, 0.2) is 24.3 Å². The van der Waals surface area contributed by atoms with E-state index >= 15 is 0 Å². The van der Waals surface area contributed by atoms with Crippen molar-refractivity contribution in [3.63, 3.8) is 0 Å². The molecule has 86 valence electrons. The molecule has 1 aromatic rings. The van der Waals surface area contributed by atoms with Crippen molar-refractivity contribution in [3.8, 4) is 5.75 Å². The fraction of sp³-hybridized carbons (Fsp3) is 0.417. The second kappa shape index (κ2) is 4.14. The molecule has 0 atom stereocenters. The number of rotatable bonds is 3. The van der Waals surface area contributed by atoms with Crippen molar-refractivity contribution in [2.45, 2.75) is 13.3 Å². The molecule has 2 rings (SSSR count). The van der Waals surface area contributed by atoms with E-state index in [-0.39, 0.29) is 17.1 Å². The second-order valence-electron chi connectivity index (χ2n) is 4.13. The summed E-state index contributed by atoms with van der Waals surface area (Å²) < 4.78 is 5.10. The van der Waals surface area contributed by atoms with Crippen molar-refractivity contribution in [1.82, 2.24) is 0 Å². The van der Waals surface area contributed by atoms with Crippen molar-refractivity contribution in [1.29, 1.82) is 0 Å². The Balaban J connectivity index is 2.07. The zero-order valence-electron chi connectivity index (χ0n) is 9.19. The summed E-state index contributed by atoms with van der Waals surface area (Å²) in [6, 6.07) is 6.54. The molecule has 1 saturated heterocycles. The molecule has 0 saturated carbocycles. The molecule has 0 bridgehead atoms. The first kappa shape index (κ1) is 11.0. The molecule has 1 aliphatic heterocycles. The monoisotopic (exact) mass is 221 g/mol. The number of hydrogen-bond donors (Lipinski definition) is 2. The van der Waals surface area contributed by atoms with E-state index in [9.17, 15) is 9.90 Å². The third-order valence-electron chi connectivity index (χ3n) is 3.02. The molecule has 0 unspecified atom stereocenters. The van der Waals surface area contributed by atoms with Crippen LogP contribution in [0, 0.1) is 5.41 Å². The van der Waals surface area contributed by atoms with Gasteiger partial charge >= 0.3 is 0 Å². The van der Waals surface area contributed by atoms with Crippen LogP contribution < -0.4 is 5.32 Å². The van der Waals surface area contributed by atoms with Gasteiger partial charge in [0.25, 0.3) is 0 Å². The molecular weight excluding hydrogens is 206 g/mol. The molecule has 0 aliphatic carbocycles. The Morgan fingerprint density at radius 3 is 2.81 bits per heavy atom. The zero-order valence-corrected chi connectivity index (χ0v) is 9.19. The molecule has 4 nitrogen and oxygen atoms in total. The molecule has 4 heteroatoms. The van der Waals surface area contributed by atoms with Gasteiger partial charge in [-0.1, -0.05) is 13.0 Å². The van der Waals surface area contributed by atoms with E-state index in [1.54, 1.807) is 18.2 Å². The quantitative estimate of drug-likeness (QED) is 0.817. The van der Waals surface area contributed by atoms with Crippen molar-refractivity contribution < 1.29 is 14.6 Å². The largest absolute Gasteiger partial charge is 0.508 e. The highest BCUT2D eigenvalue weighted by Gasteiger charge is 2.44. The fourth-order valence-electron chi connectivity index (χ4n) is 1.69. The highest BCUT2D eigenvalue weighted by Crippen LogP contribution is 2.32. The minimum absolute atomic E-state index is 0.0353. The van der Waals surface area contributed by atoms with Crippen molar-refractivity contribution in [2.75, 3.05) is 18.5 Å². The predicted octanol–water partition coefficient (Wildman–Crippen LogP) is 1.76. The SMILES string of the molecule is CCC1(C(=O)Nc2cccc(O)c2)COC1. The zero-order chi connectivity index (χ0) is 11.6. The maximum atomic E-state index is 12.0. The summed E-state index contributed by atoms with van der Waals surface area (Å²) in [4.78, 5) is 12.0. The molecule has 16 heavy (non-hydrogen) atoms. The number of anilines is 1. The van der Waals surface area contributed by atoms with Crippen LogP contribution in [-0.4, -0.2) is 24.2 Å². The van der Waals surface area contributed by atoms with Gasteiger partial charge in [-0.05, 0) is 18.6 Å². The average Bonchev–Trinajstić information content (AvgIpc) is 2.16. The van der Waals surface area contributed by atoms with Gasteiger partial charge in [0.05, 0.1) is 18.6 Å². The van der Waals surface area contributed by atoms with Crippen LogP contribution in [0.1, 0.15) is 13.3 Å². The smallest absolute Gasteiger partial charge is 0.235 e. The van der Waals surface area contributed by atoms with Crippen LogP contribution in [0.25, 0.3) is 0 Å². The van der Waals surface area contributed by atoms with Gasteiger partial charge in [0, 0.05) is 11.8 Å². The Labute approximate surface area is 94.2 Å². The number of amides is 1. The van der Waals surface area contributed by atoms with Gasteiger partial charge in [0.2, 0.25) is 5.91 Å². The molecule has 2 N–H and O–H groups in total. The van der Waals surface area contributed by atoms with Crippen LogP contribution in [-0.2, 0) is 9.53 Å². The number of ether oxygens (including phenoxy) is 1. The van der Waals surface area contributed by atoms with Gasteiger partial charge in [-0.15, -0.1) is 0 Å². The van der Waals surface area contributed by atoms with Crippen molar-refractivity contribution in [2.24, 2.45) is 5.41 Å². The van der Waals surface area contributed by atoms with Gasteiger partial charge in [-0.2, -0.15) is 0 Å². The van der Waals surface area contributed by atoms with Crippen LogP contribution in [0.4, 0.5) is 5.69 Å². The first-order valence-electron chi connectivity index (χ1n) is 5.34. The van der Waals surface area contributed by atoms with Crippen LogP contribution in [0.3, 0.4) is 0 Å². The molecule has 1 heterocycles. The van der Waals surface area contributed by atoms with E-state index in [1.807, 2.05) is 6.92 Å². The number of nitrogens with one attached hydrogen (secondary N) is 1. The normalized spacial score (nSPS) is 17.6. The Morgan fingerprint density at radius 1 is 1.56 bits per heavy atom. The van der Waals surface area contributed by atoms with Crippen molar-refractivity contribution >= 4 is 11.6 Å². The van der Waals surface area contributed by atoms with Crippen molar-refractivity contribution in [3.05, 3.63) is 24.3 Å². The Bertz CT molecular complexity index is 393. The lowest BCUT2D eigenvalue weighted by Gasteiger charge is -2.38. The second-order valence-corrected chi connectivity index (χ2v) is 4.13. The summed E-state index contributed by atoms with van der Waals surface area (Å²) in [5.41, 5.74) is 0.232. The summed E-state index contributed by atoms with van der Waals surface area (Å²) in [5.74, 6) is 0.111. The van der Waals surface area contributed by atoms with Gasteiger partial charge in [-0.3, -0.25) is 4.79 Å². The molecule has 0 radical (unpaired) electrons. The standard InChI is InChI=1S/C12H15NO3/c1-2-12(7-16-8-12)11(15)13-9-4-3-5-10(14)6-9/h3-6,14H,2,7-8H2,1H3,(H,13,15). The molecule has 1 aliphatic rings. The number of aromatic hydroxyl groups is 1. The van der Waals surface area contributed by atoms with E-state index in [0.29, 0.717) is 18.9 Å². The van der Waals surface area contributed by atoms with Gasteiger partial charge in [0.1, 0.15) is 5.75 Å². The maximum Gasteiger partial charge on any atom is 0.235 e. The summed E-state index contributed by atoms with van der Waals surface area (Å²) in [7, 11) is 0. The van der Waals surface area contributed by atoms with E-state index in [2.05, 4.69) is 5.32 Å². The lowest BCUT2D eigenvalue weighted by atomic mass is 9.82. The highest BCUT2D eigenvalue weighted by molar-refractivity contribution is 5.96. The van der Waals surface area contributed by atoms with Gasteiger partial charge < -0.3 is 15.2 Å². The van der Waals surface area contributed by atoms with E-state index in [1.165, 1.54) is 6.07 Å². The van der Waals surface area contributed by atoms with E-state index < -0.39 is 0 Å². The molecule has 0 spiro atoms.